The SMILES string of the molecule is CS(=O)(=O)N1CCCCC1C1(S(C)(=O)=O)CCCN1. The predicted octanol–water partition coefficient (Wildman–Crippen LogP) is -0.0752. The first-order chi connectivity index (χ1) is 8.68. The third kappa shape index (κ3) is 2.68. The van der Waals surface area contributed by atoms with E-state index in [1.807, 2.05) is 0 Å². The molecule has 112 valence electrons. The maximum absolute atomic E-state index is 12.2. The molecule has 2 atom stereocenters. The zero-order valence-corrected chi connectivity index (χ0v) is 13.1. The van der Waals surface area contributed by atoms with Gasteiger partial charge in [-0.25, -0.2) is 16.8 Å². The number of nitrogens with zero attached hydrogens (tertiary/aromatic N) is 1. The van der Waals surface area contributed by atoms with E-state index in [1.54, 1.807) is 0 Å². The number of rotatable bonds is 3. The van der Waals surface area contributed by atoms with E-state index in [1.165, 1.54) is 10.6 Å². The van der Waals surface area contributed by atoms with Crippen molar-refractivity contribution in [1.29, 1.82) is 0 Å². The second-order valence-corrected chi connectivity index (χ2v) is 9.79. The molecule has 0 aromatic rings. The zero-order valence-electron chi connectivity index (χ0n) is 11.4. The summed E-state index contributed by atoms with van der Waals surface area (Å²) < 4.78 is 49.7. The van der Waals surface area contributed by atoms with Crippen LogP contribution in [0.1, 0.15) is 32.1 Å². The third-order valence-electron chi connectivity index (χ3n) is 4.23. The van der Waals surface area contributed by atoms with E-state index in [-0.39, 0.29) is 0 Å². The van der Waals surface area contributed by atoms with Crippen LogP contribution >= 0.6 is 0 Å². The molecule has 2 saturated heterocycles. The Bertz CT molecular complexity index is 535. The Morgan fingerprint density at radius 1 is 1.11 bits per heavy atom. The van der Waals surface area contributed by atoms with E-state index in [0.29, 0.717) is 25.9 Å². The van der Waals surface area contributed by atoms with Gasteiger partial charge < -0.3 is 0 Å². The van der Waals surface area contributed by atoms with Crippen LogP contribution < -0.4 is 5.32 Å². The molecule has 0 aromatic carbocycles. The fourth-order valence-corrected chi connectivity index (χ4v) is 6.25. The molecule has 2 heterocycles. The number of hydrogen-bond acceptors (Lipinski definition) is 5. The van der Waals surface area contributed by atoms with Crippen LogP contribution in [-0.4, -0.2) is 57.7 Å². The van der Waals surface area contributed by atoms with E-state index in [2.05, 4.69) is 5.32 Å². The molecule has 0 spiro atoms. The maximum Gasteiger partial charge on any atom is 0.211 e. The van der Waals surface area contributed by atoms with Crippen LogP contribution in [0.25, 0.3) is 0 Å². The second kappa shape index (κ2) is 4.98. The Morgan fingerprint density at radius 3 is 2.26 bits per heavy atom. The van der Waals surface area contributed by atoms with E-state index in [4.69, 9.17) is 0 Å². The van der Waals surface area contributed by atoms with Crippen molar-refractivity contribution >= 4 is 19.9 Å². The van der Waals surface area contributed by atoms with Crippen LogP contribution in [0.15, 0.2) is 0 Å². The lowest BCUT2D eigenvalue weighted by molar-refractivity contribution is 0.189. The van der Waals surface area contributed by atoms with Crippen molar-refractivity contribution in [3.05, 3.63) is 0 Å². The Kier molecular flexibility index (Phi) is 3.99. The molecule has 1 N–H and O–H groups in total. The number of nitrogens with one attached hydrogen (secondary N) is 1. The van der Waals surface area contributed by atoms with Crippen LogP contribution in [0.4, 0.5) is 0 Å². The lowest BCUT2D eigenvalue weighted by Gasteiger charge is -2.44. The van der Waals surface area contributed by atoms with E-state index in [9.17, 15) is 16.8 Å². The first-order valence-corrected chi connectivity index (χ1v) is 10.3. The highest BCUT2D eigenvalue weighted by Gasteiger charge is 2.53. The van der Waals surface area contributed by atoms with Crippen LogP contribution in [0.5, 0.6) is 0 Å². The highest BCUT2D eigenvalue weighted by molar-refractivity contribution is 7.92. The summed E-state index contributed by atoms with van der Waals surface area (Å²) in [5.74, 6) is 0. The quantitative estimate of drug-likeness (QED) is 0.788. The molecule has 8 heteroatoms. The lowest BCUT2D eigenvalue weighted by atomic mass is 9.96. The van der Waals surface area contributed by atoms with Gasteiger partial charge in [0.25, 0.3) is 0 Å². The van der Waals surface area contributed by atoms with Gasteiger partial charge in [-0.3, -0.25) is 5.32 Å². The summed E-state index contributed by atoms with van der Waals surface area (Å²) in [6, 6.07) is -0.478. The van der Waals surface area contributed by atoms with Gasteiger partial charge in [-0.05, 0) is 32.2 Å². The molecule has 2 aliphatic heterocycles. The molecule has 0 amide bonds. The van der Waals surface area contributed by atoms with Crippen molar-refractivity contribution in [1.82, 2.24) is 9.62 Å². The average Bonchev–Trinajstić information content (AvgIpc) is 2.77. The number of hydrogen-bond donors (Lipinski definition) is 1. The molecule has 0 radical (unpaired) electrons. The Morgan fingerprint density at radius 2 is 1.79 bits per heavy atom. The molecular formula is C11H22N2O4S2. The summed E-state index contributed by atoms with van der Waals surface area (Å²) in [7, 11) is -6.76. The average molecular weight is 310 g/mol. The smallest absolute Gasteiger partial charge is 0.211 e. The zero-order chi connectivity index (χ0) is 14.3. The molecule has 19 heavy (non-hydrogen) atoms. The second-order valence-electron chi connectivity index (χ2n) is 5.58. The highest BCUT2D eigenvalue weighted by Crippen LogP contribution is 2.37. The van der Waals surface area contributed by atoms with Gasteiger partial charge in [-0.1, -0.05) is 6.42 Å². The topological polar surface area (TPSA) is 83.6 Å². The van der Waals surface area contributed by atoms with Gasteiger partial charge in [0.05, 0.1) is 12.3 Å². The molecule has 6 nitrogen and oxygen atoms in total. The van der Waals surface area contributed by atoms with Crippen molar-refractivity contribution in [2.45, 2.75) is 43.0 Å². The van der Waals surface area contributed by atoms with Gasteiger partial charge in [0, 0.05) is 12.8 Å². The molecule has 2 fully saturated rings. The standard InChI is InChI=1S/C11H22N2O4S2/c1-18(14,15)11(7-5-8-12-11)10-6-3-4-9-13(10)19(2,16)17/h10,12H,3-9H2,1-2H3. The minimum atomic E-state index is -3.38. The van der Waals surface area contributed by atoms with Gasteiger partial charge in [-0.2, -0.15) is 4.31 Å². The van der Waals surface area contributed by atoms with Gasteiger partial charge in [-0.15, -0.1) is 0 Å². The molecule has 0 bridgehead atoms. The number of sulfone groups is 1. The van der Waals surface area contributed by atoms with E-state index in [0.717, 1.165) is 25.5 Å². The van der Waals surface area contributed by atoms with Crippen molar-refractivity contribution in [2.24, 2.45) is 0 Å². The fourth-order valence-electron chi connectivity index (χ4n) is 3.36. The van der Waals surface area contributed by atoms with Crippen LogP contribution in [0.3, 0.4) is 0 Å². The number of sulfonamides is 1. The summed E-state index contributed by atoms with van der Waals surface area (Å²) in [4.78, 5) is -1.10. The summed E-state index contributed by atoms with van der Waals surface area (Å²) in [6.07, 6.45) is 5.90. The summed E-state index contributed by atoms with van der Waals surface area (Å²) in [5.41, 5.74) is 0. The molecule has 0 aliphatic carbocycles. The van der Waals surface area contributed by atoms with E-state index < -0.39 is 30.8 Å². The highest BCUT2D eigenvalue weighted by atomic mass is 32.2. The Hall–Kier alpha value is -0.180. The van der Waals surface area contributed by atoms with Crippen LogP contribution in [0, 0.1) is 0 Å². The maximum atomic E-state index is 12.2. The van der Waals surface area contributed by atoms with E-state index >= 15 is 0 Å². The van der Waals surface area contributed by atoms with Gasteiger partial charge >= 0.3 is 0 Å². The predicted molar refractivity (Wildman–Crippen MR) is 74.0 cm³/mol. The Balaban J connectivity index is 2.46. The Labute approximate surface area is 115 Å². The third-order valence-corrected chi connectivity index (χ3v) is 7.46. The van der Waals surface area contributed by atoms with Crippen molar-refractivity contribution in [2.75, 3.05) is 25.6 Å². The van der Waals surface area contributed by atoms with Crippen LogP contribution in [0.2, 0.25) is 0 Å². The molecule has 2 unspecified atom stereocenters. The fraction of sp³-hybridized carbons (Fsp3) is 1.00. The van der Waals surface area contributed by atoms with Gasteiger partial charge in [0.1, 0.15) is 4.87 Å². The summed E-state index contributed by atoms with van der Waals surface area (Å²) in [5, 5.41) is 3.09. The largest absolute Gasteiger partial charge is 0.297 e. The normalized spacial score (nSPS) is 34.5. The van der Waals surface area contributed by atoms with Crippen molar-refractivity contribution < 1.29 is 16.8 Å². The summed E-state index contributed by atoms with van der Waals surface area (Å²) >= 11 is 0. The van der Waals surface area contributed by atoms with Crippen LogP contribution in [-0.2, 0) is 19.9 Å². The summed E-state index contributed by atoms with van der Waals surface area (Å²) in [6.45, 7) is 1.05. The molecule has 2 rings (SSSR count). The van der Waals surface area contributed by atoms with Gasteiger partial charge in [0.15, 0.2) is 9.84 Å². The molecule has 0 saturated carbocycles. The first-order valence-electron chi connectivity index (χ1n) is 6.60. The lowest BCUT2D eigenvalue weighted by Crippen LogP contribution is -2.64. The monoisotopic (exact) mass is 310 g/mol. The van der Waals surface area contributed by atoms with Gasteiger partial charge in [0.2, 0.25) is 10.0 Å². The molecule has 2 aliphatic rings. The minimum absolute atomic E-state index is 0.419. The van der Waals surface area contributed by atoms with Crippen molar-refractivity contribution in [3.8, 4) is 0 Å². The van der Waals surface area contributed by atoms with Crippen molar-refractivity contribution in [3.63, 3.8) is 0 Å². The molecular weight excluding hydrogens is 288 g/mol. The first kappa shape index (κ1) is 15.2. The molecule has 0 aromatic heterocycles. The minimum Gasteiger partial charge on any atom is -0.297 e. The number of piperidine rings is 1.